The second kappa shape index (κ2) is 3.89. The summed E-state index contributed by atoms with van der Waals surface area (Å²) in [5.41, 5.74) is 4.38. The molecule has 0 amide bonds. The molecule has 1 saturated carbocycles. The van der Waals surface area contributed by atoms with Crippen molar-refractivity contribution in [3.05, 3.63) is 27.3 Å². The number of aromatic nitrogens is 1. The van der Waals surface area contributed by atoms with Gasteiger partial charge in [-0.05, 0) is 57.6 Å². The van der Waals surface area contributed by atoms with E-state index >= 15 is 0 Å². The summed E-state index contributed by atoms with van der Waals surface area (Å²) in [4.78, 5) is 19.0. The first-order valence-corrected chi connectivity index (χ1v) is 7.23. The summed E-state index contributed by atoms with van der Waals surface area (Å²) in [6.07, 6.45) is 2.43. The number of aryl methyl sites for hydroxylation is 3. The molecule has 1 aliphatic carbocycles. The molecule has 0 spiro atoms. The lowest BCUT2D eigenvalue weighted by Gasteiger charge is -2.11. The Morgan fingerprint density at radius 2 is 1.94 bits per heavy atom. The first-order valence-electron chi connectivity index (χ1n) is 6.41. The van der Waals surface area contributed by atoms with Gasteiger partial charge in [0.2, 0.25) is 0 Å². The molecular formula is C15H17NOS. The quantitative estimate of drug-likeness (QED) is 0.752. The summed E-state index contributed by atoms with van der Waals surface area (Å²) >= 11 is 1.75. The number of rotatable bonds is 2. The molecule has 0 atom stereocenters. The van der Waals surface area contributed by atoms with Crippen LogP contribution in [0.25, 0.3) is 10.2 Å². The highest BCUT2D eigenvalue weighted by molar-refractivity contribution is 7.18. The van der Waals surface area contributed by atoms with Crippen molar-refractivity contribution >= 4 is 27.3 Å². The van der Waals surface area contributed by atoms with E-state index in [1.165, 1.54) is 34.2 Å². The van der Waals surface area contributed by atoms with Crippen LogP contribution in [0.5, 0.6) is 0 Å². The summed E-state index contributed by atoms with van der Waals surface area (Å²) in [6.45, 7) is 7.92. The average molecular weight is 259 g/mol. The Kier molecular flexibility index (Phi) is 2.56. The van der Waals surface area contributed by atoms with Crippen LogP contribution in [0.1, 0.15) is 57.7 Å². The first kappa shape index (κ1) is 11.8. The van der Waals surface area contributed by atoms with Gasteiger partial charge in [-0.3, -0.25) is 4.79 Å². The maximum Gasteiger partial charge on any atom is 0.161 e. The zero-order chi connectivity index (χ0) is 13.0. The highest BCUT2D eigenvalue weighted by atomic mass is 32.1. The van der Waals surface area contributed by atoms with Crippen molar-refractivity contribution in [3.63, 3.8) is 0 Å². The fraction of sp³-hybridized carbons (Fsp3) is 0.467. The van der Waals surface area contributed by atoms with Gasteiger partial charge in [0.05, 0.1) is 5.69 Å². The van der Waals surface area contributed by atoms with Gasteiger partial charge in [-0.25, -0.2) is 4.98 Å². The van der Waals surface area contributed by atoms with Crippen LogP contribution in [0, 0.1) is 20.8 Å². The van der Waals surface area contributed by atoms with Crippen LogP contribution < -0.4 is 0 Å². The van der Waals surface area contributed by atoms with E-state index in [0.717, 1.165) is 16.1 Å². The Labute approximate surface area is 111 Å². The van der Waals surface area contributed by atoms with E-state index < -0.39 is 0 Å². The Balaban J connectivity index is 2.46. The summed E-state index contributed by atoms with van der Waals surface area (Å²) in [7, 11) is 0. The Morgan fingerprint density at radius 3 is 2.50 bits per heavy atom. The predicted octanol–water partition coefficient (Wildman–Crippen LogP) is 4.30. The third-order valence-corrected chi connectivity index (χ3v) is 4.98. The normalized spacial score (nSPS) is 15.3. The van der Waals surface area contributed by atoms with Gasteiger partial charge in [-0.15, -0.1) is 11.3 Å². The molecule has 2 aromatic heterocycles. The van der Waals surface area contributed by atoms with Crippen LogP contribution >= 0.6 is 11.3 Å². The van der Waals surface area contributed by atoms with Crippen molar-refractivity contribution in [2.45, 2.75) is 46.5 Å². The third kappa shape index (κ3) is 1.61. The second-order valence-corrected chi connectivity index (χ2v) is 6.48. The maximum absolute atomic E-state index is 11.9. The van der Waals surface area contributed by atoms with E-state index in [-0.39, 0.29) is 5.78 Å². The highest BCUT2D eigenvalue weighted by Crippen LogP contribution is 2.47. The van der Waals surface area contributed by atoms with Crippen molar-refractivity contribution in [2.75, 3.05) is 0 Å². The van der Waals surface area contributed by atoms with Gasteiger partial charge in [0.25, 0.3) is 0 Å². The van der Waals surface area contributed by atoms with E-state index in [0.29, 0.717) is 5.92 Å². The topological polar surface area (TPSA) is 30.0 Å². The van der Waals surface area contributed by atoms with Crippen molar-refractivity contribution in [2.24, 2.45) is 0 Å². The van der Waals surface area contributed by atoms with Crippen molar-refractivity contribution in [3.8, 4) is 0 Å². The highest BCUT2D eigenvalue weighted by Gasteiger charge is 2.32. The van der Waals surface area contributed by atoms with Gasteiger partial charge in [0, 0.05) is 15.8 Å². The van der Waals surface area contributed by atoms with Crippen LogP contribution in [-0.2, 0) is 0 Å². The number of fused-ring (bicyclic) bond motifs is 1. The minimum atomic E-state index is 0.159. The number of carbonyl (C=O) groups is 1. The van der Waals surface area contributed by atoms with Crippen molar-refractivity contribution < 1.29 is 4.79 Å². The number of pyridine rings is 1. The predicted molar refractivity (Wildman–Crippen MR) is 75.8 cm³/mol. The van der Waals surface area contributed by atoms with Gasteiger partial charge in [0.1, 0.15) is 4.83 Å². The molecule has 2 aromatic rings. The lowest BCUT2D eigenvalue weighted by molar-refractivity contribution is 0.101. The number of hydrogen-bond acceptors (Lipinski definition) is 3. The van der Waals surface area contributed by atoms with Crippen molar-refractivity contribution in [1.29, 1.82) is 0 Å². The molecule has 1 fully saturated rings. The van der Waals surface area contributed by atoms with Crippen molar-refractivity contribution in [1.82, 2.24) is 4.98 Å². The molecule has 0 N–H and O–H groups in total. The van der Waals surface area contributed by atoms with E-state index in [1.54, 1.807) is 18.3 Å². The van der Waals surface area contributed by atoms with Gasteiger partial charge in [-0.1, -0.05) is 0 Å². The summed E-state index contributed by atoms with van der Waals surface area (Å²) < 4.78 is 0. The number of ketones is 1. The summed E-state index contributed by atoms with van der Waals surface area (Å²) in [5.74, 6) is 0.743. The lowest BCUT2D eigenvalue weighted by Crippen LogP contribution is -2.05. The monoisotopic (exact) mass is 259 g/mol. The fourth-order valence-electron chi connectivity index (χ4n) is 2.76. The third-order valence-electron chi connectivity index (χ3n) is 3.87. The fourth-order valence-corrected chi connectivity index (χ4v) is 3.85. The van der Waals surface area contributed by atoms with Gasteiger partial charge < -0.3 is 0 Å². The summed E-state index contributed by atoms with van der Waals surface area (Å²) in [6, 6.07) is 0. The van der Waals surface area contributed by atoms with E-state index in [4.69, 9.17) is 0 Å². The minimum Gasteiger partial charge on any atom is -0.294 e. The SMILES string of the molecule is CC(=O)c1c(C)nc2sc(C)c(C)c2c1C1CC1. The molecule has 94 valence electrons. The second-order valence-electron chi connectivity index (χ2n) is 5.28. The lowest BCUT2D eigenvalue weighted by atomic mass is 9.95. The largest absolute Gasteiger partial charge is 0.294 e. The van der Waals surface area contributed by atoms with Gasteiger partial charge in [-0.2, -0.15) is 0 Å². The molecule has 2 nitrogen and oxygen atoms in total. The molecule has 0 radical (unpaired) electrons. The number of hydrogen-bond donors (Lipinski definition) is 0. The van der Waals surface area contributed by atoms with E-state index in [2.05, 4.69) is 18.8 Å². The Morgan fingerprint density at radius 1 is 1.28 bits per heavy atom. The molecule has 2 heterocycles. The van der Waals surface area contributed by atoms with Gasteiger partial charge in [0.15, 0.2) is 5.78 Å². The van der Waals surface area contributed by atoms with Crippen LogP contribution in [0.2, 0.25) is 0 Å². The molecule has 0 aliphatic heterocycles. The standard InChI is InChI=1S/C15H17NOS/c1-7-10(4)18-15-12(7)14(11-5-6-11)13(9(3)17)8(2)16-15/h11H,5-6H2,1-4H3. The molecule has 1 aliphatic rings. The average Bonchev–Trinajstić information content (AvgIpc) is 3.06. The Hall–Kier alpha value is -1.22. The summed E-state index contributed by atoms with van der Waals surface area (Å²) in [5, 5.41) is 1.26. The smallest absolute Gasteiger partial charge is 0.161 e. The van der Waals surface area contributed by atoms with Crippen LogP contribution in [0.15, 0.2) is 0 Å². The number of thiophene rings is 1. The molecular weight excluding hydrogens is 242 g/mol. The van der Waals surface area contributed by atoms with E-state index in [1.807, 2.05) is 6.92 Å². The molecule has 0 saturated heterocycles. The molecule has 0 unspecified atom stereocenters. The maximum atomic E-state index is 11.9. The number of Topliss-reactive ketones (excluding diaryl/α,β-unsaturated/α-hetero) is 1. The molecule has 3 rings (SSSR count). The molecule has 0 bridgehead atoms. The van der Waals surface area contributed by atoms with Crippen LogP contribution in [0.3, 0.4) is 0 Å². The minimum absolute atomic E-state index is 0.159. The molecule has 0 aromatic carbocycles. The molecule has 3 heteroatoms. The van der Waals surface area contributed by atoms with E-state index in [9.17, 15) is 4.79 Å². The van der Waals surface area contributed by atoms with Crippen LogP contribution in [-0.4, -0.2) is 10.8 Å². The number of carbonyl (C=O) groups excluding carboxylic acids is 1. The molecule has 18 heavy (non-hydrogen) atoms. The van der Waals surface area contributed by atoms with Crippen LogP contribution in [0.4, 0.5) is 0 Å². The zero-order valence-corrected chi connectivity index (χ0v) is 12.1. The number of nitrogens with zero attached hydrogens (tertiary/aromatic N) is 1. The zero-order valence-electron chi connectivity index (χ0n) is 11.3. The van der Waals surface area contributed by atoms with Gasteiger partial charge >= 0.3 is 0 Å². The Bertz CT molecular complexity index is 665. The first-order chi connectivity index (χ1) is 8.50.